The molecule has 0 unspecified atom stereocenters. The molecule has 7 heteroatoms. The zero-order chi connectivity index (χ0) is 13.6. The van der Waals surface area contributed by atoms with Gasteiger partial charge >= 0.3 is 0 Å². The number of hydrogen-bond donors (Lipinski definition) is 1. The predicted molar refractivity (Wildman–Crippen MR) is 84.4 cm³/mol. The highest BCUT2D eigenvalue weighted by molar-refractivity contribution is 9.10. The number of hydrogen-bond acceptors (Lipinski definition) is 3. The SMILES string of the molecule is CCc1nn(C)c2c1[nH]c(=S)n2Cc1sccc1Br. The molecule has 3 aromatic rings. The Balaban J connectivity index is 2.18. The molecule has 0 saturated carbocycles. The van der Waals surface area contributed by atoms with Gasteiger partial charge in [0.25, 0.3) is 0 Å². The van der Waals surface area contributed by atoms with Crippen molar-refractivity contribution in [3.05, 3.63) is 31.3 Å². The highest BCUT2D eigenvalue weighted by Gasteiger charge is 2.15. The van der Waals surface area contributed by atoms with Gasteiger partial charge in [-0.25, -0.2) is 0 Å². The molecule has 3 aromatic heterocycles. The third-order valence-electron chi connectivity index (χ3n) is 3.15. The molecule has 0 saturated heterocycles. The van der Waals surface area contributed by atoms with Crippen LogP contribution in [0.5, 0.6) is 0 Å². The van der Waals surface area contributed by atoms with E-state index in [0.717, 1.165) is 39.1 Å². The van der Waals surface area contributed by atoms with Crippen LogP contribution in [0.15, 0.2) is 15.9 Å². The van der Waals surface area contributed by atoms with E-state index in [-0.39, 0.29) is 0 Å². The van der Waals surface area contributed by atoms with Gasteiger partial charge in [-0.1, -0.05) is 6.92 Å². The Kier molecular flexibility index (Phi) is 3.36. The molecule has 0 atom stereocenters. The molecule has 4 nitrogen and oxygen atoms in total. The minimum Gasteiger partial charge on any atom is -0.328 e. The lowest BCUT2D eigenvalue weighted by Crippen LogP contribution is -2.03. The lowest BCUT2D eigenvalue weighted by molar-refractivity contribution is 0.712. The van der Waals surface area contributed by atoms with E-state index in [0.29, 0.717) is 0 Å². The zero-order valence-electron chi connectivity index (χ0n) is 10.6. The third kappa shape index (κ3) is 2.09. The average molecular weight is 357 g/mol. The molecule has 0 aliphatic heterocycles. The molecular weight excluding hydrogens is 344 g/mol. The lowest BCUT2D eigenvalue weighted by atomic mass is 10.3. The summed E-state index contributed by atoms with van der Waals surface area (Å²) in [6.07, 6.45) is 0.898. The fourth-order valence-electron chi connectivity index (χ4n) is 2.25. The number of aromatic amines is 1. The predicted octanol–water partition coefficient (Wildman–Crippen LogP) is 3.87. The second kappa shape index (κ2) is 4.88. The van der Waals surface area contributed by atoms with Crippen LogP contribution in [-0.2, 0) is 20.0 Å². The van der Waals surface area contributed by atoms with Crippen molar-refractivity contribution in [2.75, 3.05) is 0 Å². The number of rotatable bonds is 3. The van der Waals surface area contributed by atoms with Crippen molar-refractivity contribution in [1.82, 2.24) is 19.3 Å². The van der Waals surface area contributed by atoms with Crippen LogP contribution in [-0.4, -0.2) is 19.3 Å². The standard InChI is InChI=1S/C12H13BrN4S2/c1-3-8-10-11(16(2)15-8)17(12(18)14-10)6-9-7(13)4-5-19-9/h4-5H,3,6H2,1-2H3,(H,14,18). The number of nitrogens with one attached hydrogen (secondary N) is 1. The number of halogens is 1. The van der Waals surface area contributed by atoms with Gasteiger partial charge in [0.1, 0.15) is 5.52 Å². The van der Waals surface area contributed by atoms with E-state index in [2.05, 4.69) is 48.9 Å². The van der Waals surface area contributed by atoms with Crippen LogP contribution >= 0.6 is 39.5 Å². The van der Waals surface area contributed by atoms with E-state index in [1.54, 1.807) is 11.3 Å². The molecule has 0 amide bonds. The minimum atomic E-state index is 0.748. The summed E-state index contributed by atoms with van der Waals surface area (Å²) >= 11 is 10.7. The van der Waals surface area contributed by atoms with E-state index in [1.807, 2.05) is 11.7 Å². The van der Waals surface area contributed by atoms with Crippen molar-refractivity contribution in [2.24, 2.45) is 7.05 Å². The van der Waals surface area contributed by atoms with Crippen molar-refractivity contribution < 1.29 is 0 Å². The highest BCUT2D eigenvalue weighted by Crippen LogP contribution is 2.26. The van der Waals surface area contributed by atoms with E-state index in [1.165, 1.54) is 4.88 Å². The van der Waals surface area contributed by atoms with Crippen LogP contribution in [0.2, 0.25) is 0 Å². The monoisotopic (exact) mass is 356 g/mol. The van der Waals surface area contributed by atoms with Gasteiger partial charge < -0.3 is 4.98 Å². The van der Waals surface area contributed by atoms with E-state index in [9.17, 15) is 0 Å². The van der Waals surface area contributed by atoms with Crippen molar-refractivity contribution >= 4 is 50.6 Å². The molecule has 0 aliphatic rings. The summed E-state index contributed by atoms with van der Waals surface area (Å²) in [5, 5.41) is 6.61. The number of nitrogens with zero attached hydrogens (tertiary/aromatic N) is 3. The zero-order valence-corrected chi connectivity index (χ0v) is 13.8. The van der Waals surface area contributed by atoms with Crippen LogP contribution < -0.4 is 0 Å². The first kappa shape index (κ1) is 13.1. The molecular formula is C12H13BrN4S2. The van der Waals surface area contributed by atoms with Crippen LogP contribution in [0.4, 0.5) is 0 Å². The molecule has 0 fully saturated rings. The quantitative estimate of drug-likeness (QED) is 0.723. The number of thiophene rings is 1. The van der Waals surface area contributed by atoms with Crippen molar-refractivity contribution in [2.45, 2.75) is 19.9 Å². The van der Waals surface area contributed by atoms with Gasteiger partial charge in [0, 0.05) is 16.4 Å². The maximum absolute atomic E-state index is 5.45. The average Bonchev–Trinajstić information content (AvgIpc) is 3.00. The highest BCUT2D eigenvalue weighted by atomic mass is 79.9. The Labute approximate surface area is 128 Å². The maximum atomic E-state index is 5.45. The second-order valence-corrected chi connectivity index (χ2v) is 6.57. The number of aryl methyl sites for hydroxylation is 2. The van der Waals surface area contributed by atoms with Gasteiger partial charge in [0.05, 0.1) is 12.2 Å². The molecule has 3 rings (SSSR count). The molecule has 0 aromatic carbocycles. The lowest BCUT2D eigenvalue weighted by Gasteiger charge is -2.03. The number of imidazole rings is 1. The van der Waals surface area contributed by atoms with Crippen molar-refractivity contribution in [3.8, 4) is 0 Å². The Morgan fingerprint density at radius 1 is 1.53 bits per heavy atom. The van der Waals surface area contributed by atoms with Crippen LogP contribution in [0, 0.1) is 4.77 Å². The Bertz CT molecular complexity index is 792. The molecule has 0 spiro atoms. The van der Waals surface area contributed by atoms with E-state index >= 15 is 0 Å². The number of H-pyrrole nitrogens is 1. The number of aromatic nitrogens is 4. The van der Waals surface area contributed by atoms with Crippen molar-refractivity contribution in [3.63, 3.8) is 0 Å². The Morgan fingerprint density at radius 2 is 2.32 bits per heavy atom. The molecule has 0 aliphatic carbocycles. The van der Waals surface area contributed by atoms with Gasteiger partial charge in [-0.2, -0.15) is 5.10 Å². The second-order valence-electron chi connectivity index (χ2n) is 4.33. The van der Waals surface area contributed by atoms with Gasteiger partial charge in [-0.3, -0.25) is 9.25 Å². The summed E-state index contributed by atoms with van der Waals surface area (Å²) < 4.78 is 5.89. The summed E-state index contributed by atoms with van der Waals surface area (Å²) in [6, 6.07) is 2.06. The maximum Gasteiger partial charge on any atom is 0.179 e. The molecule has 1 N–H and O–H groups in total. The first-order chi connectivity index (χ1) is 9.11. The number of fused-ring (bicyclic) bond motifs is 1. The fraction of sp³-hybridized carbons (Fsp3) is 0.333. The Hall–Kier alpha value is -0.920. The van der Waals surface area contributed by atoms with Crippen LogP contribution in [0.25, 0.3) is 11.2 Å². The summed E-state index contributed by atoms with van der Waals surface area (Å²) in [5.41, 5.74) is 3.18. The van der Waals surface area contributed by atoms with Gasteiger partial charge in [0.2, 0.25) is 0 Å². The largest absolute Gasteiger partial charge is 0.328 e. The van der Waals surface area contributed by atoms with Crippen molar-refractivity contribution in [1.29, 1.82) is 0 Å². The van der Waals surface area contributed by atoms with Gasteiger partial charge in [0.15, 0.2) is 10.4 Å². The van der Waals surface area contributed by atoms with E-state index in [4.69, 9.17) is 12.2 Å². The van der Waals surface area contributed by atoms with Crippen LogP contribution in [0.1, 0.15) is 17.5 Å². The molecule has 100 valence electrons. The summed E-state index contributed by atoms with van der Waals surface area (Å²) in [7, 11) is 1.96. The topological polar surface area (TPSA) is 38.5 Å². The molecule has 3 heterocycles. The first-order valence-corrected chi connectivity index (χ1v) is 8.06. The van der Waals surface area contributed by atoms with E-state index < -0.39 is 0 Å². The summed E-state index contributed by atoms with van der Waals surface area (Å²) in [6.45, 7) is 2.87. The summed E-state index contributed by atoms with van der Waals surface area (Å²) in [5.74, 6) is 0. The first-order valence-electron chi connectivity index (χ1n) is 5.98. The summed E-state index contributed by atoms with van der Waals surface area (Å²) in [4.78, 5) is 4.54. The smallest absolute Gasteiger partial charge is 0.179 e. The third-order valence-corrected chi connectivity index (χ3v) is 5.38. The molecule has 0 radical (unpaired) electrons. The minimum absolute atomic E-state index is 0.748. The van der Waals surface area contributed by atoms with Gasteiger partial charge in [-0.15, -0.1) is 11.3 Å². The molecule has 19 heavy (non-hydrogen) atoms. The Morgan fingerprint density at radius 3 is 2.95 bits per heavy atom. The fourth-order valence-corrected chi connectivity index (χ4v) is 3.97. The van der Waals surface area contributed by atoms with Gasteiger partial charge in [-0.05, 0) is 46.0 Å². The normalized spacial score (nSPS) is 11.5. The van der Waals surface area contributed by atoms with Crippen LogP contribution in [0.3, 0.4) is 0 Å². The molecule has 0 bridgehead atoms.